The predicted octanol–water partition coefficient (Wildman–Crippen LogP) is 3.82. The number of carboxylic acids is 1. The van der Waals surface area contributed by atoms with Gasteiger partial charge in [0, 0.05) is 19.5 Å². The Morgan fingerprint density at radius 1 is 1.38 bits per heavy atom. The minimum absolute atomic E-state index is 0.0670. The Hall–Kier alpha value is -2.45. The third kappa shape index (κ3) is 5.27. The van der Waals surface area contributed by atoms with E-state index in [-0.39, 0.29) is 36.9 Å². The summed E-state index contributed by atoms with van der Waals surface area (Å²) in [5.41, 5.74) is -1.35. The Balaban J connectivity index is 2.14. The molecule has 2 N–H and O–H groups in total. The first kappa shape index (κ1) is 19.9. The summed E-state index contributed by atoms with van der Waals surface area (Å²) in [6.45, 7) is 2.46. The molecule has 26 heavy (non-hydrogen) atoms. The van der Waals surface area contributed by atoms with Gasteiger partial charge < -0.3 is 20.1 Å². The quantitative estimate of drug-likeness (QED) is 0.821. The van der Waals surface area contributed by atoms with Gasteiger partial charge in [-0.2, -0.15) is 13.2 Å². The summed E-state index contributed by atoms with van der Waals surface area (Å²) in [7, 11) is 0. The number of nitrogens with one attached hydrogen (secondary N) is 1. The van der Waals surface area contributed by atoms with Crippen molar-refractivity contribution in [2.45, 2.75) is 32.4 Å². The second-order valence-corrected chi connectivity index (χ2v) is 6.12. The Kier molecular flexibility index (Phi) is 6.33. The molecule has 1 fully saturated rings. The molecule has 1 aromatic rings. The minimum Gasteiger partial charge on any atom is -0.494 e. The van der Waals surface area contributed by atoms with E-state index < -0.39 is 23.7 Å². The number of halogens is 3. The van der Waals surface area contributed by atoms with Crippen LogP contribution in [-0.4, -0.2) is 41.7 Å². The van der Waals surface area contributed by atoms with Gasteiger partial charge in [-0.05, 0) is 43.9 Å². The van der Waals surface area contributed by atoms with Crippen LogP contribution in [0.4, 0.5) is 23.7 Å². The van der Waals surface area contributed by atoms with E-state index in [1.165, 1.54) is 11.0 Å². The average Bonchev–Trinajstić information content (AvgIpc) is 2.55. The van der Waals surface area contributed by atoms with E-state index in [0.717, 1.165) is 12.1 Å². The van der Waals surface area contributed by atoms with Crippen LogP contribution in [-0.2, 0) is 11.0 Å². The van der Waals surface area contributed by atoms with Gasteiger partial charge in [-0.1, -0.05) is 0 Å². The van der Waals surface area contributed by atoms with Crippen molar-refractivity contribution in [3.8, 4) is 5.75 Å². The van der Waals surface area contributed by atoms with Gasteiger partial charge in [-0.25, -0.2) is 4.79 Å². The smallest absolute Gasteiger partial charge is 0.418 e. The van der Waals surface area contributed by atoms with Gasteiger partial charge in [0.05, 0.1) is 17.9 Å². The summed E-state index contributed by atoms with van der Waals surface area (Å²) in [5.74, 6) is -1.09. The lowest BCUT2D eigenvalue weighted by molar-refractivity contribution is -0.139. The first-order valence-electron chi connectivity index (χ1n) is 8.32. The first-order chi connectivity index (χ1) is 12.2. The molecule has 0 aliphatic carbocycles. The highest BCUT2D eigenvalue weighted by Crippen LogP contribution is 2.37. The normalized spacial score (nSPS) is 17.7. The Morgan fingerprint density at radius 3 is 2.73 bits per heavy atom. The van der Waals surface area contributed by atoms with Crippen LogP contribution in [0.25, 0.3) is 0 Å². The number of benzene rings is 1. The first-order valence-corrected chi connectivity index (χ1v) is 8.32. The number of carbonyl (C=O) groups is 2. The number of hydrogen-bond acceptors (Lipinski definition) is 3. The lowest BCUT2D eigenvalue weighted by Crippen LogP contribution is -2.43. The number of ether oxygens (including phenoxy) is 1. The number of rotatable bonds is 5. The van der Waals surface area contributed by atoms with Crippen LogP contribution in [0.5, 0.6) is 5.75 Å². The zero-order valence-electron chi connectivity index (χ0n) is 14.3. The summed E-state index contributed by atoms with van der Waals surface area (Å²) < 4.78 is 44.9. The van der Waals surface area contributed by atoms with Crippen LogP contribution in [0.15, 0.2) is 18.2 Å². The molecule has 1 unspecified atom stereocenters. The zero-order chi connectivity index (χ0) is 19.3. The highest BCUT2D eigenvalue weighted by Gasteiger charge is 2.35. The van der Waals surface area contributed by atoms with Crippen molar-refractivity contribution >= 4 is 17.7 Å². The van der Waals surface area contributed by atoms with Gasteiger partial charge >= 0.3 is 18.2 Å². The van der Waals surface area contributed by atoms with Crippen LogP contribution in [0.1, 0.15) is 31.7 Å². The molecule has 2 rings (SSSR count). The molecule has 0 radical (unpaired) electrons. The number of amides is 2. The van der Waals surface area contributed by atoms with Crippen LogP contribution in [0, 0.1) is 5.92 Å². The van der Waals surface area contributed by atoms with E-state index in [1.807, 2.05) is 0 Å². The van der Waals surface area contributed by atoms with Crippen LogP contribution in [0.2, 0.25) is 0 Å². The van der Waals surface area contributed by atoms with Crippen LogP contribution < -0.4 is 10.1 Å². The molecule has 1 heterocycles. The van der Waals surface area contributed by atoms with Crippen molar-refractivity contribution in [1.29, 1.82) is 0 Å². The molecule has 1 saturated heterocycles. The van der Waals surface area contributed by atoms with Crippen molar-refractivity contribution in [3.05, 3.63) is 23.8 Å². The number of likely N-dealkylation sites (tertiary alicyclic amines) is 1. The number of urea groups is 1. The molecular weight excluding hydrogens is 353 g/mol. The standard InChI is InChI=1S/C17H21F3N2O4/c1-2-26-12-5-6-14(13(9-12)17(18,19)20)21-16(25)22-7-3-4-11(10-22)8-15(23)24/h5-6,9,11H,2-4,7-8,10H2,1H3,(H,21,25)(H,23,24). The number of carboxylic acid groups (broad SMARTS) is 1. The molecule has 1 aliphatic heterocycles. The fourth-order valence-electron chi connectivity index (χ4n) is 2.98. The molecule has 0 spiro atoms. The molecule has 1 aliphatic rings. The number of hydrogen-bond donors (Lipinski definition) is 2. The molecule has 1 atom stereocenters. The van der Waals surface area contributed by atoms with E-state index in [2.05, 4.69) is 5.32 Å². The van der Waals surface area contributed by atoms with E-state index in [1.54, 1.807) is 6.92 Å². The molecular formula is C17H21F3N2O4. The average molecular weight is 374 g/mol. The SMILES string of the molecule is CCOc1ccc(NC(=O)N2CCCC(CC(=O)O)C2)c(C(F)(F)F)c1. The van der Waals surface area contributed by atoms with Crippen molar-refractivity contribution in [2.75, 3.05) is 25.0 Å². The van der Waals surface area contributed by atoms with Crippen LogP contribution in [0.3, 0.4) is 0 Å². The molecule has 0 saturated carbocycles. The second kappa shape index (κ2) is 8.29. The van der Waals surface area contributed by atoms with Gasteiger partial charge in [-0.3, -0.25) is 4.79 Å². The van der Waals surface area contributed by atoms with Gasteiger partial charge in [0.25, 0.3) is 0 Å². The Labute approximate surface area is 148 Å². The monoisotopic (exact) mass is 374 g/mol. The van der Waals surface area contributed by atoms with Crippen molar-refractivity contribution < 1.29 is 32.6 Å². The number of anilines is 1. The fourth-order valence-corrected chi connectivity index (χ4v) is 2.98. The van der Waals surface area contributed by atoms with Gasteiger partial charge in [-0.15, -0.1) is 0 Å². The molecule has 0 bridgehead atoms. The number of nitrogens with zero attached hydrogens (tertiary/aromatic N) is 1. The molecule has 1 aromatic carbocycles. The topological polar surface area (TPSA) is 78.9 Å². The maximum atomic E-state index is 13.3. The molecule has 9 heteroatoms. The third-order valence-electron chi connectivity index (χ3n) is 4.12. The summed E-state index contributed by atoms with van der Waals surface area (Å²) in [5, 5.41) is 11.2. The fraction of sp³-hybridized carbons (Fsp3) is 0.529. The second-order valence-electron chi connectivity index (χ2n) is 6.12. The predicted molar refractivity (Wildman–Crippen MR) is 88.2 cm³/mol. The maximum absolute atomic E-state index is 13.3. The number of carbonyl (C=O) groups excluding carboxylic acids is 1. The van der Waals surface area contributed by atoms with Crippen molar-refractivity contribution in [1.82, 2.24) is 4.90 Å². The molecule has 6 nitrogen and oxygen atoms in total. The van der Waals surface area contributed by atoms with Gasteiger partial charge in [0.1, 0.15) is 5.75 Å². The van der Waals surface area contributed by atoms with Gasteiger partial charge in [0.15, 0.2) is 0 Å². The highest BCUT2D eigenvalue weighted by molar-refractivity contribution is 5.90. The third-order valence-corrected chi connectivity index (χ3v) is 4.12. The van der Waals surface area contributed by atoms with Crippen molar-refractivity contribution in [2.24, 2.45) is 5.92 Å². The molecule has 2 amide bonds. The van der Waals surface area contributed by atoms with Crippen molar-refractivity contribution in [3.63, 3.8) is 0 Å². The summed E-state index contributed by atoms with van der Waals surface area (Å²) in [6, 6.07) is 2.69. The van der Waals surface area contributed by atoms with Gasteiger partial charge in [0.2, 0.25) is 0 Å². The number of piperidine rings is 1. The van der Waals surface area contributed by atoms with E-state index >= 15 is 0 Å². The number of aliphatic carboxylic acids is 1. The van der Waals surface area contributed by atoms with E-state index in [0.29, 0.717) is 19.4 Å². The maximum Gasteiger partial charge on any atom is 0.418 e. The summed E-state index contributed by atoms with van der Waals surface area (Å²) in [4.78, 5) is 24.5. The summed E-state index contributed by atoms with van der Waals surface area (Å²) >= 11 is 0. The Bertz CT molecular complexity index is 664. The molecule has 144 valence electrons. The van der Waals surface area contributed by atoms with E-state index in [9.17, 15) is 22.8 Å². The molecule has 0 aromatic heterocycles. The lowest BCUT2D eigenvalue weighted by Gasteiger charge is -2.32. The largest absolute Gasteiger partial charge is 0.494 e. The Morgan fingerprint density at radius 2 is 2.12 bits per heavy atom. The van der Waals surface area contributed by atoms with Crippen LogP contribution >= 0.6 is 0 Å². The lowest BCUT2D eigenvalue weighted by atomic mass is 9.95. The number of alkyl halides is 3. The minimum atomic E-state index is -4.65. The van der Waals surface area contributed by atoms with E-state index in [4.69, 9.17) is 9.84 Å². The highest BCUT2D eigenvalue weighted by atomic mass is 19.4. The zero-order valence-corrected chi connectivity index (χ0v) is 14.3. The summed E-state index contributed by atoms with van der Waals surface area (Å²) in [6.07, 6.45) is -3.43.